The Morgan fingerprint density at radius 3 is 2.21 bits per heavy atom. The Balaban J connectivity index is 0.000000292. The molecule has 0 amide bonds. The summed E-state index contributed by atoms with van der Waals surface area (Å²) in [5.74, 6) is -0.981. The minimum absolute atomic E-state index is 0.240. The smallest absolute Gasteiger partial charge is 0.327 e. The first kappa shape index (κ1) is 12.4. The first-order valence-corrected chi connectivity index (χ1v) is 4.21. The van der Waals surface area contributed by atoms with Crippen molar-refractivity contribution in [1.29, 1.82) is 0 Å². The number of hydrogen-bond donors (Lipinski definition) is 2. The van der Waals surface area contributed by atoms with Crippen LogP contribution in [0.3, 0.4) is 0 Å². The zero-order valence-corrected chi connectivity index (χ0v) is 7.89. The Morgan fingerprint density at radius 1 is 1.36 bits per heavy atom. The van der Waals surface area contributed by atoms with Crippen molar-refractivity contribution in [2.24, 2.45) is 0 Å². The molecular formula is C11H14O3. The van der Waals surface area contributed by atoms with E-state index in [2.05, 4.69) is 6.58 Å². The average molecular weight is 194 g/mol. The number of aliphatic hydroxyl groups excluding tert-OH is 1. The molecule has 0 spiro atoms. The van der Waals surface area contributed by atoms with Crippen molar-refractivity contribution in [3.63, 3.8) is 0 Å². The summed E-state index contributed by atoms with van der Waals surface area (Å²) in [6, 6.07) is 9.95. The van der Waals surface area contributed by atoms with Gasteiger partial charge in [0.2, 0.25) is 0 Å². The quantitative estimate of drug-likeness (QED) is 0.716. The normalized spacial score (nSPS) is 8.36. The van der Waals surface area contributed by atoms with Gasteiger partial charge >= 0.3 is 5.97 Å². The summed E-state index contributed by atoms with van der Waals surface area (Å²) in [6.45, 7) is 3.20. The van der Waals surface area contributed by atoms with Crippen molar-refractivity contribution in [3.05, 3.63) is 48.6 Å². The van der Waals surface area contributed by atoms with Gasteiger partial charge in [-0.05, 0) is 12.0 Å². The van der Waals surface area contributed by atoms with Crippen LogP contribution in [0.25, 0.3) is 0 Å². The van der Waals surface area contributed by atoms with Gasteiger partial charge in [0, 0.05) is 12.7 Å². The van der Waals surface area contributed by atoms with Crippen LogP contribution in [0.1, 0.15) is 5.56 Å². The highest BCUT2D eigenvalue weighted by molar-refractivity contribution is 5.78. The van der Waals surface area contributed by atoms with Gasteiger partial charge in [-0.3, -0.25) is 0 Å². The predicted molar refractivity (Wildman–Crippen MR) is 55.1 cm³/mol. The van der Waals surface area contributed by atoms with Gasteiger partial charge in [0.05, 0.1) is 0 Å². The third-order valence-corrected chi connectivity index (χ3v) is 1.42. The summed E-state index contributed by atoms with van der Waals surface area (Å²) >= 11 is 0. The zero-order chi connectivity index (χ0) is 10.8. The van der Waals surface area contributed by atoms with E-state index in [1.807, 2.05) is 30.3 Å². The predicted octanol–water partition coefficient (Wildman–Crippen LogP) is 1.48. The van der Waals surface area contributed by atoms with E-state index in [1.54, 1.807) is 0 Å². The van der Waals surface area contributed by atoms with Gasteiger partial charge in [0.1, 0.15) is 0 Å². The second-order valence-corrected chi connectivity index (χ2v) is 2.50. The molecule has 0 aliphatic heterocycles. The van der Waals surface area contributed by atoms with Crippen LogP contribution >= 0.6 is 0 Å². The molecule has 1 aromatic carbocycles. The van der Waals surface area contributed by atoms with E-state index in [0.29, 0.717) is 0 Å². The van der Waals surface area contributed by atoms with Gasteiger partial charge in [-0.2, -0.15) is 0 Å². The Morgan fingerprint density at radius 2 is 1.86 bits per heavy atom. The van der Waals surface area contributed by atoms with Crippen molar-refractivity contribution >= 4 is 5.97 Å². The van der Waals surface area contributed by atoms with E-state index in [1.165, 1.54) is 5.56 Å². The molecule has 0 aromatic heterocycles. The fourth-order valence-corrected chi connectivity index (χ4v) is 0.774. The summed E-state index contributed by atoms with van der Waals surface area (Å²) in [6.07, 6.45) is 1.60. The Kier molecular flexibility index (Phi) is 7.09. The lowest BCUT2D eigenvalue weighted by molar-refractivity contribution is -0.131. The molecule has 0 fully saturated rings. The molecule has 1 rings (SSSR count). The average Bonchev–Trinajstić information content (AvgIpc) is 2.21. The fourth-order valence-electron chi connectivity index (χ4n) is 0.774. The lowest BCUT2D eigenvalue weighted by Gasteiger charge is -1.93. The third-order valence-electron chi connectivity index (χ3n) is 1.42. The van der Waals surface area contributed by atoms with Gasteiger partial charge in [0.25, 0.3) is 0 Å². The van der Waals surface area contributed by atoms with E-state index >= 15 is 0 Å². The Bertz CT molecular complexity index is 267. The first-order valence-electron chi connectivity index (χ1n) is 4.21. The zero-order valence-electron chi connectivity index (χ0n) is 7.89. The van der Waals surface area contributed by atoms with E-state index in [9.17, 15) is 4.79 Å². The molecule has 0 saturated heterocycles. The molecule has 76 valence electrons. The molecule has 0 aliphatic carbocycles. The topological polar surface area (TPSA) is 57.5 Å². The highest BCUT2D eigenvalue weighted by atomic mass is 16.4. The van der Waals surface area contributed by atoms with E-state index in [0.717, 1.165) is 12.5 Å². The largest absolute Gasteiger partial charge is 0.478 e. The van der Waals surface area contributed by atoms with Crippen LogP contribution in [0.15, 0.2) is 43.0 Å². The molecule has 0 radical (unpaired) electrons. The lowest BCUT2D eigenvalue weighted by atomic mass is 10.2. The number of carboxylic acid groups (broad SMARTS) is 1. The molecule has 3 heteroatoms. The second kappa shape index (κ2) is 8.01. The number of hydrogen-bond acceptors (Lipinski definition) is 2. The summed E-state index contributed by atoms with van der Waals surface area (Å²) in [5.41, 5.74) is 1.19. The molecular weight excluding hydrogens is 180 g/mol. The van der Waals surface area contributed by atoms with Crippen LogP contribution in [0.5, 0.6) is 0 Å². The van der Waals surface area contributed by atoms with E-state index in [4.69, 9.17) is 10.2 Å². The molecule has 0 bridgehead atoms. The minimum Gasteiger partial charge on any atom is -0.478 e. The fraction of sp³-hybridized carbons (Fsp3) is 0.182. The van der Waals surface area contributed by atoms with Gasteiger partial charge in [-0.1, -0.05) is 36.9 Å². The monoisotopic (exact) mass is 194 g/mol. The molecule has 0 unspecified atom stereocenters. The molecule has 0 saturated carbocycles. The van der Waals surface area contributed by atoms with Crippen LogP contribution in [0.2, 0.25) is 0 Å². The first-order chi connectivity index (χ1) is 6.70. The molecule has 1 aromatic rings. The maximum absolute atomic E-state index is 9.25. The van der Waals surface area contributed by atoms with Crippen molar-refractivity contribution in [3.8, 4) is 0 Å². The van der Waals surface area contributed by atoms with Crippen LogP contribution in [0, 0.1) is 0 Å². The van der Waals surface area contributed by atoms with Gasteiger partial charge in [-0.15, -0.1) is 0 Å². The highest BCUT2D eigenvalue weighted by Gasteiger charge is 1.85. The van der Waals surface area contributed by atoms with E-state index in [-0.39, 0.29) is 6.61 Å². The summed E-state index contributed by atoms with van der Waals surface area (Å²) in [7, 11) is 0. The Labute approximate surface area is 83.3 Å². The highest BCUT2D eigenvalue weighted by Crippen LogP contribution is 1.97. The molecule has 0 aliphatic rings. The standard InChI is InChI=1S/C8H10O.C3H4O2/c9-7-6-8-4-2-1-3-5-8;1-2-3(4)5/h1-5,9H,6-7H2;2H,1H2,(H,4,5). The molecule has 14 heavy (non-hydrogen) atoms. The van der Waals surface area contributed by atoms with Crippen LogP contribution in [-0.4, -0.2) is 22.8 Å². The maximum Gasteiger partial charge on any atom is 0.327 e. The molecule has 0 heterocycles. The summed E-state index contributed by atoms with van der Waals surface area (Å²) in [5, 5.41) is 16.1. The van der Waals surface area contributed by atoms with Crippen LogP contribution in [0.4, 0.5) is 0 Å². The number of carboxylic acids is 1. The molecule has 0 atom stereocenters. The number of carbonyl (C=O) groups is 1. The second-order valence-electron chi connectivity index (χ2n) is 2.50. The number of aliphatic carboxylic acids is 1. The van der Waals surface area contributed by atoms with Gasteiger partial charge < -0.3 is 10.2 Å². The van der Waals surface area contributed by atoms with Crippen molar-refractivity contribution in [2.45, 2.75) is 6.42 Å². The molecule has 3 nitrogen and oxygen atoms in total. The van der Waals surface area contributed by atoms with Crippen molar-refractivity contribution in [1.82, 2.24) is 0 Å². The lowest BCUT2D eigenvalue weighted by Crippen LogP contribution is -1.88. The molecule has 2 N–H and O–H groups in total. The maximum atomic E-state index is 9.25. The Hall–Kier alpha value is -1.61. The number of rotatable bonds is 3. The number of benzene rings is 1. The SMILES string of the molecule is C=CC(=O)O.OCCc1ccccc1. The minimum atomic E-state index is -0.981. The van der Waals surface area contributed by atoms with Gasteiger partial charge in [-0.25, -0.2) is 4.79 Å². The van der Waals surface area contributed by atoms with Crippen LogP contribution in [-0.2, 0) is 11.2 Å². The van der Waals surface area contributed by atoms with Crippen molar-refractivity contribution in [2.75, 3.05) is 6.61 Å². The van der Waals surface area contributed by atoms with Crippen LogP contribution < -0.4 is 0 Å². The summed E-state index contributed by atoms with van der Waals surface area (Å²) < 4.78 is 0. The summed E-state index contributed by atoms with van der Waals surface area (Å²) in [4.78, 5) is 9.25. The van der Waals surface area contributed by atoms with Crippen molar-refractivity contribution < 1.29 is 15.0 Å². The van der Waals surface area contributed by atoms with E-state index < -0.39 is 5.97 Å². The number of aliphatic hydroxyl groups is 1. The third kappa shape index (κ3) is 7.06. The van der Waals surface area contributed by atoms with Gasteiger partial charge in [0.15, 0.2) is 0 Å².